The largest absolute Gasteiger partial charge is 0.481 e. The molecular weight excluding hydrogens is 256 g/mol. The van der Waals surface area contributed by atoms with Gasteiger partial charge in [-0.1, -0.05) is 19.3 Å². The number of nitrogens with zero attached hydrogens (tertiary/aromatic N) is 1. The molecule has 1 heterocycles. The maximum atomic E-state index is 11.8. The normalized spacial score (nSPS) is 15.7. The highest BCUT2D eigenvalue weighted by atomic mass is 16.5. The molecule has 5 nitrogen and oxygen atoms in total. The number of hydrogen-bond acceptors (Lipinski definition) is 4. The van der Waals surface area contributed by atoms with E-state index in [1.165, 1.54) is 19.3 Å². The van der Waals surface area contributed by atoms with Gasteiger partial charge in [-0.2, -0.15) is 0 Å². The number of aldehydes is 1. The van der Waals surface area contributed by atoms with Crippen LogP contribution in [-0.4, -0.2) is 29.8 Å². The third-order valence-electron chi connectivity index (χ3n) is 3.47. The molecule has 20 heavy (non-hydrogen) atoms. The second-order valence-electron chi connectivity index (χ2n) is 5.14. The van der Waals surface area contributed by atoms with E-state index in [0.29, 0.717) is 12.0 Å². The van der Waals surface area contributed by atoms with Gasteiger partial charge in [-0.25, -0.2) is 4.98 Å². The van der Waals surface area contributed by atoms with E-state index in [1.54, 1.807) is 19.1 Å². The average molecular weight is 276 g/mol. The van der Waals surface area contributed by atoms with Crippen LogP contribution in [0, 0.1) is 6.92 Å². The molecule has 108 valence electrons. The summed E-state index contributed by atoms with van der Waals surface area (Å²) in [5.74, 6) is 0.207. The third-order valence-corrected chi connectivity index (χ3v) is 3.47. The lowest BCUT2D eigenvalue weighted by Gasteiger charge is -2.22. The van der Waals surface area contributed by atoms with E-state index in [-0.39, 0.29) is 24.2 Å². The molecule has 2 rings (SSSR count). The van der Waals surface area contributed by atoms with E-state index in [4.69, 9.17) is 4.74 Å². The molecule has 1 aromatic rings. The first-order valence-electron chi connectivity index (χ1n) is 7.04. The van der Waals surface area contributed by atoms with Gasteiger partial charge in [0.05, 0.1) is 0 Å². The van der Waals surface area contributed by atoms with Gasteiger partial charge in [-0.15, -0.1) is 0 Å². The van der Waals surface area contributed by atoms with Crippen LogP contribution in [0.25, 0.3) is 0 Å². The number of carbonyl (C=O) groups is 2. The van der Waals surface area contributed by atoms with Crippen LogP contribution >= 0.6 is 0 Å². The van der Waals surface area contributed by atoms with Gasteiger partial charge in [0.15, 0.2) is 12.9 Å². The van der Waals surface area contributed by atoms with Gasteiger partial charge in [0.2, 0.25) is 0 Å². The van der Waals surface area contributed by atoms with E-state index in [2.05, 4.69) is 10.3 Å². The fourth-order valence-corrected chi connectivity index (χ4v) is 2.43. The Morgan fingerprint density at radius 1 is 1.40 bits per heavy atom. The van der Waals surface area contributed by atoms with Crippen LogP contribution in [0.4, 0.5) is 0 Å². The molecule has 0 aromatic carbocycles. The first-order valence-corrected chi connectivity index (χ1v) is 7.04. The van der Waals surface area contributed by atoms with Crippen molar-refractivity contribution in [1.29, 1.82) is 0 Å². The van der Waals surface area contributed by atoms with Gasteiger partial charge in [-0.3, -0.25) is 9.59 Å². The van der Waals surface area contributed by atoms with E-state index >= 15 is 0 Å². The molecule has 1 aromatic heterocycles. The van der Waals surface area contributed by atoms with Gasteiger partial charge in [0.25, 0.3) is 5.91 Å². The number of hydrogen-bond donors (Lipinski definition) is 1. The van der Waals surface area contributed by atoms with Gasteiger partial charge in [-0.05, 0) is 31.9 Å². The lowest BCUT2D eigenvalue weighted by atomic mass is 9.95. The van der Waals surface area contributed by atoms with Crippen molar-refractivity contribution < 1.29 is 14.3 Å². The molecule has 5 heteroatoms. The van der Waals surface area contributed by atoms with Crippen LogP contribution in [0.15, 0.2) is 12.1 Å². The van der Waals surface area contributed by atoms with Crippen molar-refractivity contribution in [3.8, 4) is 5.75 Å². The SMILES string of the molecule is Cc1ccc(OCC(=O)NC2CCCCC2)c(C=O)n1. The molecule has 1 amide bonds. The standard InChI is InChI=1S/C15H20N2O3/c1-11-7-8-14(13(9-18)16-11)20-10-15(19)17-12-5-3-2-4-6-12/h7-9,12H,2-6,10H2,1H3,(H,17,19). The number of amides is 1. The number of aryl methyl sites for hydroxylation is 1. The Hall–Kier alpha value is -1.91. The highest BCUT2D eigenvalue weighted by molar-refractivity contribution is 5.79. The number of aromatic nitrogens is 1. The van der Waals surface area contributed by atoms with Gasteiger partial charge < -0.3 is 10.1 Å². The molecular formula is C15H20N2O3. The Kier molecular flexibility index (Phi) is 5.09. The van der Waals surface area contributed by atoms with Crippen molar-refractivity contribution in [3.05, 3.63) is 23.5 Å². The quantitative estimate of drug-likeness (QED) is 0.835. The predicted octanol–water partition coefficient (Wildman–Crippen LogP) is 2.03. The summed E-state index contributed by atoms with van der Waals surface area (Å²) in [6, 6.07) is 3.68. The molecule has 1 N–H and O–H groups in total. The Morgan fingerprint density at radius 3 is 2.85 bits per heavy atom. The van der Waals surface area contributed by atoms with Crippen LogP contribution in [0.5, 0.6) is 5.75 Å². The summed E-state index contributed by atoms with van der Waals surface area (Å²) >= 11 is 0. The summed E-state index contributed by atoms with van der Waals surface area (Å²) in [4.78, 5) is 26.8. The molecule has 1 aliphatic rings. The van der Waals surface area contributed by atoms with E-state index < -0.39 is 0 Å². The molecule has 0 saturated heterocycles. The van der Waals surface area contributed by atoms with E-state index in [1.807, 2.05) is 0 Å². The Bertz CT molecular complexity index is 482. The molecule has 1 aliphatic carbocycles. The molecule has 0 spiro atoms. The molecule has 0 aliphatic heterocycles. The van der Waals surface area contributed by atoms with E-state index in [0.717, 1.165) is 18.5 Å². The van der Waals surface area contributed by atoms with Crippen molar-refractivity contribution in [1.82, 2.24) is 10.3 Å². The number of ether oxygens (including phenoxy) is 1. The molecule has 1 fully saturated rings. The molecule has 0 bridgehead atoms. The summed E-state index contributed by atoms with van der Waals surface area (Å²) < 4.78 is 5.38. The first-order chi connectivity index (χ1) is 9.69. The van der Waals surface area contributed by atoms with Gasteiger partial charge in [0.1, 0.15) is 11.4 Å². The van der Waals surface area contributed by atoms with Crippen LogP contribution in [0.3, 0.4) is 0 Å². The fraction of sp³-hybridized carbons (Fsp3) is 0.533. The average Bonchev–Trinajstić information content (AvgIpc) is 2.47. The first kappa shape index (κ1) is 14.5. The second kappa shape index (κ2) is 7.03. The van der Waals surface area contributed by atoms with Crippen LogP contribution in [-0.2, 0) is 4.79 Å². The maximum absolute atomic E-state index is 11.8. The lowest BCUT2D eigenvalue weighted by Crippen LogP contribution is -2.39. The summed E-state index contributed by atoms with van der Waals surface area (Å²) in [6.45, 7) is 1.72. The maximum Gasteiger partial charge on any atom is 0.258 e. The summed E-state index contributed by atoms with van der Waals surface area (Å²) in [5.41, 5.74) is 0.974. The van der Waals surface area contributed by atoms with Crippen molar-refractivity contribution in [2.24, 2.45) is 0 Å². The third kappa shape index (κ3) is 4.05. The summed E-state index contributed by atoms with van der Waals surface area (Å²) in [6.07, 6.45) is 6.31. The van der Waals surface area contributed by atoms with Crippen molar-refractivity contribution in [2.45, 2.75) is 45.1 Å². The zero-order chi connectivity index (χ0) is 14.4. The molecule has 0 atom stereocenters. The smallest absolute Gasteiger partial charge is 0.258 e. The summed E-state index contributed by atoms with van der Waals surface area (Å²) in [7, 11) is 0. The predicted molar refractivity (Wildman–Crippen MR) is 74.9 cm³/mol. The highest BCUT2D eigenvalue weighted by Gasteiger charge is 2.16. The Morgan fingerprint density at radius 2 is 2.15 bits per heavy atom. The van der Waals surface area contributed by atoms with Crippen molar-refractivity contribution in [2.75, 3.05) is 6.61 Å². The van der Waals surface area contributed by atoms with Gasteiger partial charge >= 0.3 is 0 Å². The zero-order valence-electron chi connectivity index (χ0n) is 11.7. The van der Waals surface area contributed by atoms with Gasteiger partial charge in [0, 0.05) is 11.7 Å². The fourth-order valence-electron chi connectivity index (χ4n) is 2.43. The van der Waals surface area contributed by atoms with E-state index in [9.17, 15) is 9.59 Å². The molecule has 1 saturated carbocycles. The molecule has 0 unspecified atom stereocenters. The van der Waals surface area contributed by atoms with Crippen molar-refractivity contribution in [3.63, 3.8) is 0 Å². The minimum absolute atomic E-state index is 0.0813. The summed E-state index contributed by atoms with van der Waals surface area (Å²) in [5, 5.41) is 2.97. The second-order valence-corrected chi connectivity index (χ2v) is 5.14. The number of carbonyl (C=O) groups excluding carboxylic acids is 2. The van der Waals surface area contributed by atoms with Crippen LogP contribution < -0.4 is 10.1 Å². The monoisotopic (exact) mass is 276 g/mol. The van der Waals surface area contributed by atoms with Crippen LogP contribution in [0.1, 0.15) is 48.3 Å². The van der Waals surface area contributed by atoms with Crippen LogP contribution in [0.2, 0.25) is 0 Å². The Balaban J connectivity index is 1.85. The number of nitrogens with one attached hydrogen (secondary N) is 1. The topological polar surface area (TPSA) is 68.3 Å². The lowest BCUT2D eigenvalue weighted by molar-refractivity contribution is -0.124. The highest BCUT2D eigenvalue weighted by Crippen LogP contribution is 2.18. The molecule has 0 radical (unpaired) electrons. The minimum Gasteiger partial charge on any atom is -0.481 e. The minimum atomic E-state index is -0.144. The number of rotatable bonds is 5. The number of pyridine rings is 1. The zero-order valence-corrected chi connectivity index (χ0v) is 11.7. The van der Waals surface area contributed by atoms with Crippen molar-refractivity contribution >= 4 is 12.2 Å². The Labute approximate surface area is 118 Å².